The second-order valence-electron chi connectivity index (χ2n) is 10.3. The van der Waals surface area contributed by atoms with Crippen molar-refractivity contribution in [1.82, 2.24) is 14.8 Å². The largest absolute Gasteiger partial charge is 0.494 e. The molecule has 3 N–H and O–H groups in total. The normalized spacial score (nSPS) is 14.8. The van der Waals surface area contributed by atoms with Gasteiger partial charge in [-0.25, -0.2) is 4.99 Å². The number of piperazine rings is 1. The molecule has 1 saturated heterocycles. The summed E-state index contributed by atoms with van der Waals surface area (Å²) in [5.74, 6) is -0.357. The van der Waals surface area contributed by atoms with Crippen LogP contribution in [0.15, 0.2) is 71.7 Å². The van der Waals surface area contributed by atoms with Crippen molar-refractivity contribution in [2.45, 2.75) is 6.92 Å². The maximum atomic E-state index is 13.2. The summed E-state index contributed by atoms with van der Waals surface area (Å²) in [5.41, 5.74) is 4.13. The van der Waals surface area contributed by atoms with E-state index in [0.717, 1.165) is 37.1 Å². The molecule has 0 unspecified atom stereocenters. The molecule has 2 heterocycles. The number of carbonyl (C=O) groups is 2. The van der Waals surface area contributed by atoms with Crippen molar-refractivity contribution in [3.8, 4) is 5.88 Å². The molecule has 0 atom stereocenters. The summed E-state index contributed by atoms with van der Waals surface area (Å²) >= 11 is 6.19. The van der Waals surface area contributed by atoms with Crippen LogP contribution >= 0.6 is 11.6 Å². The van der Waals surface area contributed by atoms with E-state index in [1.807, 2.05) is 36.4 Å². The number of amides is 2. The molecule has 4 aromatic rings. The van der Waals surface area contributed by atoms with Crippen molar-refractivity contribution in [1.29, 1.82) is 0 Å². The van der Waals surface area contributed by atoms with Gasteiger partial charge in [0.05, 0.1) is 40.4 Å². The molecule has 9 nitrogen and oxygen atoms in total. The minimum Gasteiger partial charge on any atom is -0.494 e. The molecular weight excluding hydrogens is 540 g/mol. The number of hydrogen-bond donors (Lipinski definition) is 3. The Labute approximate surface area is 244 Å². The average Bonchev–Trinajstić information content (AvgIpc) is 3.27. The molecule has 1 aromatic heterocycles. The zero-order chi connectivity index (χ0) is 29.1. The second kappa shape index (κ2) is 12.1. The first kappa shape index (κ1) is 28.4. The third-order valence-electron chi connectivity index (χ3n) is 7.25. The zero-order valence-corrected chi connectivity index (χ0v) is 24.1. The second-order valence-corrected chi connectivity index (χ2v) is 10.7. The Morgan fingerprint density at radius 1 is 1.05 bits per heavy atom. The molecule has 0 radical (unpaired) electrons. The number of H-pyrrole nitrogens is 1. The minimum absolute atomic E-state index is 0.0298. The fourth-order valence-corrected chi connectivity index (χ4v) is 5.17. The lowest BCUT2D eigenvalue weighted by molar-refractivity contribution is -0.120. The van der Waals surface area contributed by atoms with Crippen molar-refractivity contribution in [3.05, 3.63) is 82.9 Å². The third-order valence-corrected chi connectivity index (χ3v) is 7.48. The third kappa shape index (κ3) is 6.43. The number of hydrogen-bond acceptors (Lipinski definition) is 6. The minimum atomic E-state index is -0.262. The number of aromatic hydroxyl groups is 1. The number of carbonyl (C=O) groups excluding carboxylic acids is 2. The van der Waals surface area contributed by atoms with Crippen LogP contribution in [0.25, 0.3) is 10.9 Å². The molecule has 212 valence electrons. The Morgan fingerprint density at radius 3 is 2.49 bits per heavy atom. The first-order chi connectivity index (χ1) is 19.7. The molecule has 0 saturated carbocycles. The van der Waals surface area contributed by atoms with Gasteiger partial charge in [-0.05, 0) is 37.4 Å². The Kier molecular flexibility index (Phi) is 8.39. The van der Waals surface area contributed by atoms with Crippen LogP contribution in [0.2, 0.25) is 5.02 Å². The molecule has 41 heavy (non-hydrogen) atoms. The topological polar surface area (TPSA) is 104 Å². The van der Waals surface area contributed by atoms with Gasteiger partial charge in [0.25, 0.3) is 0 Å². The molecule has 2 amide bonds. The van der Waals surface area contributed by atoms with Gasteiger partial charge >= 0.3 is 0 Å². The highest BCUT2D eigenvalue weighted by molar-refractivity contribution is 6.31. The van der Waals surface area contributed by atoms with Gasteiger partial charge in [0, 0.05) is 56.1 Å². The molecule has 0 spiro atoms. The van der Waals surface area contributed by atoms with Crippen LogP contribution < -0.4 is 10.2 Å². The number of likely N-dealkylation sites (N-methyl/N-ethyl adjacent to an activating group) is 2. The molecule has 3 aromatic carbocycles. The van der Waals surface area contributed by atoms with E-state index in [9.17, 15) is 14.7 Å². The van der Waals surface area contributed by atoms with Crippen molar-refractivity contribution < 1.29 is 14.7 Å². The number of fused-ring (bicyclic) bond motifs is 1. The number of anilines is 2. The molecule has 0 bridgehead atoms. The maximum absolute atomic E-state index is 13.2. The van der Waals surface area contributed by atoms with E-state index in [2.05, 4.69) is 27.1 Å². The van der Waals surface area contributed by atoms with Crippen LogP contribution in [-0.2, 0) is 9.59 Å². The van der Waals surface area contributed by atoms with E-state index in [-0.39, 0.29) is 17.7 Å². The number of nitrogens with zero attached hydrogens (tertiary/aromatic N) is 4. The standard InChI is InChI=1S/C31H33ClN6O3/c1-20(39)33-26-18-23(10-12-27(26)37(3)28(40)19-38-15-13-36(2)14-16-38)34-30(21-7-5-4-6-8-21)29-24-11-9-22(32)17-25(24)35-31(29)41/h4-12,17-18,35,41H,13-16,19H2,1-3H3,(H,33,39). The van der Waals surface area contributed by atoms with Gasteiger partial charge in [0.2, 0.25) is 11.8 Å². The number of halogens is 1. The first-order valence-electron chi connectivity index (χ1n) is 13.4. The summed E-state index contributed by atoms with van der Waals surface area (Å²) in [7, 11) is 3.79. The van der Waals surface area contributed by atoms with Gasteiger partial charge in [-0.3, -0.25) is 14.5 Å². The van der Waals surface area contributed by atoms with E-state index in [1.54, 1.807) is 42.3 Å². The quantitative estimate of drug-likeness (QED) is 0.274. The Hall–Kier alpha value is -4.18. The monoisotopic (exact) mass is 572 g/mol. The Balaban J connectivity index is 1.54. The van der Waals surface area contributed by atoms with E-state index in [4.69, 9.17) is 16.6 Å². The lowest BCUT2D eigenvalue weighted by Crippen LogP contribution is -2.48. The number of rotatable bonds is 7. The van der Waals surface area contributed by atoms with Crippen LogP contribution in [0, 0.1) is 0 Å². The van der Waals surface area contributed by atoms with Crippen LogP contribution in [0.1, 0.15) is 18.1 Å². The Bertz CT molecular complexity index is 1610. The summed E-state index contributed by atoms with van der Waals surface area (Å²) in [6, 6.07) is 20.2. The van der Waals surface area contributed by atoms with E-state index in [0.29, 0.717) is 45.4 Å². The van der Waals surface area contributed by atoms with Crippen molar-refractivity contribution in [3.63, 3.8) is 0 Å². The molecule has 0 aliphatic carbocycles. The Morgan fingerprint density at radius 2 is 1.78 bits per heavy atom. The van der Waals surface area contributed by atoms with Crippen LogP contribution in [0.5, 0.6) is 5.88 Å². The predicted octanol–water partition coefficient (Wildman–Crippen LogP) is 4.86. The van der Waals surface area contributed by atoms with Gasteiger partial charge in [0.1, 0.15) is 0 Å². The van der Waals surface area contributed by atoms with Gasteiger partial charge in [-0.15, -0.1) is 0 Å². The molecule has 5 rings (SSSR count). The van der Waals surface area contributed by atoms with Gasteiger partial charge in [-0.1, -0.05) is 48.0 Å². The van der Waals surface area contributed by atoms with Gasteiger partial charge < -0.3 is 25.2 Å². The van der Waals surface area contributed by atoms with Crippen molar-refractivity contribution in [2.75, 3.05) is 57.0 Å². The summed E-state index contributed by atoms with van der Waals surface area (Å²) < 4.78 is 0. The fraction of sp³-hybridized carbons (Fsp3) is 0.258. The smallest absolute Gasteiger partial charge is 0.240 e. The van der Waals surface area contributed by atoms with Crippen LogP contribution in [0.4, 0.5) is 17.1 Å². The fourth-order valence-electron chi connectivity index (χ4n) is 5.00. The van der Waals surface area contributed by atoms with Gasteiger partial charge in [-0.2, -0.15) is 0 Å². The predicted molar refractivity (Wildman–Crippen MR) is 165 cm³/mol. The summed E-state index contributed by atoms with van der Waals surface area (Å²) in [6.45, 7) is 5.23. The van der Waals surface area contributed by atoms with E-state index >= 15 is 0 Å². The SMILES string of the molecule is CC(=O)Nc1cc(N=C(c2ccccc2)c2c(O)[nH]c3cc(Cl)ccc23)ccc1N(C)C(=O)CN1CCN(C)CC1. The summed E-state index contributed by atoms with van der Waals surface area (Å²) in [5, 5.41) is 15.1. The highest BCUT2D eigenvalue weighted by atomic mass is 35.5. The first-order valence-corrected chi connectivity index (χ1v) is 13.8. The number of nitrogens with one attached hydrogen (secondary N) is 2. The maximum Gasteiger partial charge on any atom is 0.240 e. The zero-order valence-electron chi connectivity index (χ0n) is 23.3. The number of aromatic nitrogens is 1. The molecule has 1 fully saturated rings. The summed E-state index contributed by atoms with van der Waals surface area (Å²) in [6.07, 6.45) is 0. The van der Waals surface area contributed by atoms with Crippen LogP contribution in [0.3, 0.4) is 0 Å². The number of aromatic amines is 1. The highest BCUT2D eigenvalue weighted by Gasteiger charge is 2.22. The van der Waals surface area contributed by atoms with Crippen LogP contribution in [-0.4, -0.2) is 84.2 Å². The highest BCUT2D eigenvalue weighted by Crippen LogP contribution is 2.35. The lowest BCUT2D eigenvalue weighted by atomic mass is 10.0. The molecule has 10 heteroatoms. The molecule has 1 aliphatic rings. The van der Waals surface area contributed by atoms with Crippen molar-refractivity contribution in [2.24, 2.45) is 4.99 Å². The number of benzene rings is 3. The van der Waals surface area contributed by atoms with Crippen molar-refractivity contribution >= 4 is 57.1 Å². The van der Waals surface area contributed by atoms with Gasteiger partial charge in [0.15, 0.2) is 5.88 Å². The van der Waals surface area contributed by atoms with E-state index < -0.39 is 0 Å². The summed E-state index contributed by atoms with van der Waals surface area (Å²) in [4.78, 5) is 39.3. The van der Waals surface area contributed by atoms with E-state index in [1.165, 1.54) is 6.92 Å². The number of aliphatic imine (C=N–C) groups is 1. The molecule has 1 aliphatic heterocycles. The lowest BCUT2D eigenvalue weighted by Gasteiger charge is -2.33. The molecular formula is C31H33ClN6O3. The average molecular weight is 573 g/mol.